The lowest BCUT2D eigenvalue weighted by Gasteiger charge is -2.24. The first-order chi connectivity index (χ1) is 12.5. The summed E-state index contributed by atoms with van der Waals surface area (Å²) < 4.78 is 11.6. The molecule has 26 heavy (non-hydrogen) atoms. The van der Waals surface area contributed by atoms with Gasteiger partial charge in [-0.25, -0.2) is 0 Å². The van der Waals surface area contributed by atoms with Gasteiger partial charge in [0.25, 0.3) is 0 Å². The first-order valence-corrected chi connectivity index (χ1v) is 12.5. The van der Waals surface area contributed by atoms with Crippen molar-refractivity contribution in [3.05, 3.63) is 53.8 Å². The lowest BCUT2D eigenvalue weighted by molar-refractivity contribution is -0.147. The molecule has 0 aliphatic carbocycles. The van der Waals surface area contributed by atoms with Crippen LogP contribution in [0.2, 0.25) is 18.1 Å². The van der Waals surface area contributed by atoms with E-state index in [1.807, 2.05) is 12.3 Å². The van der Waals surface area contributed by atoms with Gasteiger partial charge in [0, 0.05) is 12.5 Å². The molecule has 0 radical (unpaired) electrons. The summed E-state index contributed by atoms with van der Waals surface area (Å²) in [5.74, 6) is -0.234. The number of carbonyl (C=O) groups is 1. The number of esters is 1. The smallest absolute Gasteiger partial charge is 0.303 e. The van der Waals surface area contributed by atoms with E-state index in [9.17, 15) is 4.79 Å². The van der Waals surface area contributed by atoms with E-state index in [2.05, 4.69) is 51.1 Å². The van der Waals surface area contributed by atoms with Crippen molar-refractivity contribution in [2.45, 2.75) is 71.2 Å². The Hall–Kier alpha value is -1.81. The summed E-state index contributed by atoms with van der Waals surface area (Å²) in [6.45, 7) is 8.29. The van der Waals surface area contributed by atoms with Crippen LogP contribution in [0.1, 0.15) is 57.8 Å². The molecule has 0 aliphatic rings. The minimum absolute atomic E-state index is 0.217. The fraction of sp³-hybridized carbons (Fsp3) is 0.500. The summed E-state index contributed by atoms with van der Waals surface area (Å²) in [6.07, 6.45) is 4.37. The van der Waals surface area contributed by atoms with E-state index in [1.165, 1.54) is 30.6 Å². The third kappa shape index (κ3) is 5.10. The Labute approximate surface area is 158 Å². The molecule has 0 saturated heterocycles. The molecule has 3 nitrogen and oxygen atoms in total. The maximum atomic E-state index is 11.6. The first-order valence-electron chi connectivity index (χ1n) is 9.84. The number of aryl methyl sites for hydroxylation is 1. The number of hydrogen-bond donors (Lipinski definition) is 0. The number of hydrogen-bond acceptors (Lipinski definition) is 3. The zero-order chi connectivity index (χ0) is 19.0. The molecular weight excluding hydrogens is 340 g/mol. The molecule has 0 fully saturated rings. The SMILES string of the molecule is CC[Si](CC)(CC)c1cc(C(CCCc2ccccc2)OC(C)=O)co1. The van der Waals surface area contributed by atoms with Crippen molar-refractivity contribution in [1.82, 2.24) is 0 Å². The van der Waals surface area contributed by atoms with Crippen molar-refractivity contribution in [3.63, 3.8) is 0 Å². The van der Waals surface area contributed by atoms with Crippen LogP contribution in [0.3, 0.4) is 0 Å². The second kappa shape index (κ2) is 9.77. The van der Waals surface area contributed by atoms with E-state index < -0.39 is 8.07 Å². The van der Waals surface area contributed by atoms with Crippen LogP contribution < -0.4 is 5.38 Å². The van der Waals surface area contributed by atoms with Gasteiger partial charge < -0.3 is 9.15 Å². The van der Waals surface area contributed by atoms with Crippen LogP contribution in [0.5, 0.6) is 0 Å². The van der Waals surface area contributed by atoms with E-state index in [0.29, 0.717) is 0 Å². The predicted octanol–water partition coefficient (Wildman–Crippen LogP) is 5.62. The molecule has 1 heterocycles. The van der Waals surface area contributed by atoms with Gasteiger partial charge in [-0.15, -0.1) is 0 Å². The van der Waals surface area contributed by atoms with Crippen molar-refractivity contribution < 1.29 is 13.9 Å². The summed E-state index contributed by atoms with van der Waals surface area (Å²) in [5, 5.41) is 1.15. The third-order valence-electron chi connectivity index (χ3n) is 5.63. The highest BCUT2D eigenvalue weighted by Gasteiger charge is 2.33. The molecule has 4 heteroatoms. The standard InChI is InChI=1S/C22H32O3Si/c1-5-26(6-2,7-3)22-16-20(17-24-22)21(25-18(4)23)15-11-14-19-12-9-8-10-13-19/h8-10,12-13,16-17,21H,5-7,11,14-15H2,1-4H3. The largest absolute Gasteiger partial charge is 0.474 e. The lowest BCUT2D eigenvalue weighted by atomic mass is 10.0. The molecule has 2 aromatic rings. The number of carbonyl (C=O) groups excluding carboxylic acids is 1. The quantitative estimate of drug-likeness (QED) is 0.401. The Morgan fingerprint density at radius 1 is 1.12 bits per heavy atom. The van der Waals surface area contributed by atoms with Crippen LogP contribution >= 0.6 is 0 Å². The second-order valence-corrected chi connectivity index (χ2v) is 12.2. The highest BCUT2D eigenvalue weighted by atomic mass is 28.3. The van der Waals surface area contributed by atoms with Crippen LogP contribution in [-0.4, -0.2) is 14.0 Å². The Bertz CT molecular complexity index is 665. The van der Waals surface area contributed by atoms with E-state index in [0.717, 1.165) is 30.2 Å². The summed E-state index contributed by atoms with van der Waals surface area (Å²) in [7, 11) is -1.55. The summed E-state index contributed by atoms with van der Waals surface area (Å²) in [4.78, 5) is 11.6. The average Bonchev–Trinajstić information content (AvgIpc) is 3.14. The molecule has 0 saturated carbocycles. The molecule has 1 unspecified atom stereocenters. The molecule has 1 atom stereocenters. The Balaban J connectivity index is 2.10. The van der Waals surface area contributed by atoms with Crippen LogP contribution in [0.25, 0.3) is 0 Å². The van der Waals surface area contributed by atoms with Gasteiger partial charge in [0.15, 0.2) is 0 Å². The van der Waals surface area contributed by atoms with Crippen molar-refractivity contribution in [2.24, 2.45) is 0 Å². The predicted molar refractivity (Wildman–Crippen MR) is 109 cm³/mol. The summed E-state index contributed by atoms with van der Waals surface area (Å²) in [6, 6.07) is 16.1. The topological polar surface area (TPSA) is 39.4 Å². The summed E-state index contributed by atoms with van der Waals surface area (Å²) in [5.41, 5.74) is 2.33. The van der Waals surface area contributed by atoms with Crippen LogP contribution in [0.15, 0.2) is 47.1 Å². The fourth-order valence-electron chi connectivity index (χ4n) is 3.70. The van der Waals surface area contributed by atoms with E-state index >= 15 is 0 Å². The molecular formula is C22H32O3Si. The van der Waals surface area contributed by atoms with Gasteiger partial charge in [-0.1, -0.05) is 69.2 Å². The minimum atomic E-state index is -1.55. The van der Waals surface area contributed by atoms with Crippen LogP contribution in [-0.2, 0) is 16.0 Å². The third-order valence-corrected chi connectivity index (χ3v) is 11.0. The monoisotopic (exact) mass is 372 g/mol. The van der Waals surface area contributed by atoms with Crippen molar-refractivity contribution in [3.8, 4) is 0 Å². The Morgan fingerprint density at radius 2 is 1.77 bits per heavy atom. The summed E-state index contributed by atoms with van der Waals surface area (Å²) >= 11 is 0. The van der Waals surface area contributed by atoms with E-state index in [-0.39, 0.29) is 12.1 Å². The van der Waals surface area contributed by atoms with Crippen LogP contribution in [0.4, 0.5) is 0 Å². The molecule has 0 N–H and O–H groups in total. The van der Waals surface area contributed by atoms with Crippen molar-refractivity contribution >= 4 is 19.4 Å². The van der Waals surface area contributed by atoms with Crippen molar-refractivity contribution in [1.29, 1.82) is 0 Å². The Kier molecular flexibility index (Phi) is 7.70. The molecule has 1 aromatic carbocycles. The van der Waals surface area contributed by atoms with E-state index in [1.54, 1.807) is 0 Å². The van der Waals surface area contributed by atoms with Crippen molar-refractivity contribution in [2.75, 3.05) is 0 Å². The molecule has 0 aliphatic heterocycles. The molecule has 0 bridgehead atoms. The fourth-order valence-corrected chi connectivity index (χ4v) is 7.03. The average molecular weight is 373 g/mol. The number of furan rings is 1. The maximum absolute atomic E-state index is 11.6. The van der Waals surface area contributed by atoms with E-state index in [4.69, 9.17) is 9.15 Å². The number of ether oxygens (including phenoxy) is 1. The van der Waals surface area contributed by atoms with Gasteiger partial charge in [0.2, 0.25) is 0 Å². The molecule has 1 aromatic heterocycles. The van der Waals surface area contributed by atoms with Gasteiger partial charge in [0.05, 0.1) is 11.6 Å². The zero-order valence-electron chi connectivity index (χ0n) is 16.6. The molecule has 142 valence electrons. The number of benzene rings is 1. The van der Waals surface area contributed by atoms with Gasteiger partial charge in [-0.05, 0) is 30.9 Å². The Morgan fingerprint density at radius 3 is 2.35 bits per heavy atom. The molecule has 0 spiro atoms. The minimum Gasteiger partial charge on any atom is -0.474 e. The highest BCUT2D eigenvalue weighted by Crippen LogP contribution is 2.27. The van der Waals surface area contributed by atoms with Gasteiger partial charge in [-0.2, -0.15) is 0 Å². The van der Waals surface area contributed by atoms with Gasteiger partial charge in [0.1, 0.15) is 14.2 Å². The van der Waals surface area contributed by atoms with Gasteiger partial charge in [-0.3, -0.25) is 4.79 Å². The first kappa shape index (κ1) is 20.5. The normalized spacial score (nSPS) is 12.8. The lowest BCUT2D eigenvalue weighted by Crippen LogP contribution is -2.44. The molecule has 0 amide bonds. The highest BCUT2D eigenvalue weighted by molar-refractivity contribution is 6.90. The maximum Gasteiger partial charge on any atom is 0.303 e. The zero-order valence-corrected chi connectivity index (χ0v) is 17.6. The second-order valence-electron chi connectivity index (χ2n) is 7.06. The van der Waals surface area contributed by atoms with Crippen LogP contribution in [0, 0.1) is 0 Å². The number of rotatable bonds is 10. The molecule has 2 rings (SSSR count). The van der Waals surface area contributed by atoms with Gasteiger partial charge >= 0.3 is 5.97 Å².